The lowest BCUT2D eigenvalue weighted by Crippen LogP contribution is -2.61. The van der Waals surface area contributed by atoms with E-state index in [4.69, 9.17) is 9.47 Å². The molecule has 0 aliphatic carbocycles. The molecule has 0 radical (unpaired) electrons. The quantitative estimate of drug-likeness (QED) is 0.821. The average molecular weight is 357 g/mol. The maximum atomic E-state index is 13.6. The van der Waals surface area contributed by atoms with Gasteiger partial charge >= 0.3 is 0 Å². The minimum Gasteiger partial charge on any atom is -0.376 e. The fourth-order valence-electron chi connectivity index (χ4n) is 3.42. The van der Waals surface area contributed by atoms with Crippen molar-refractivity contribution >= 4 is 17.4 Å². The standard InChI is InChI=1S/C19H20FN3O3/c20-15-4-3-5-16(10-15)23-13-19(26-11-18(23)24)12-22(8-9-25-14-19)17-6-1-2-7-21-17/h1-7,10H,8-9,11-14H2/t19-/m1/s1. The zero-order valence-corrected chi connectivity index (χ0v) is 14.3. The molecule has 26 heavy (non-hydrogen) atoms. The van der Waals surface area contributed by atoms with Gasteiger partial charge in [-0.1, -0.05) is 12.1 Å². The summed E-state index contributed by atoms with van der Waals surface area (Å²) in [5.41, 5.74) is -0.153. The number of ether oxygens (including phenoxy) is 2. The van der Waals surface area contributed by atoms with Gasteiger partial charge in [-0.15, -0.1) is 0 Å². The summed E-state index contributed by atoms with van der Waals surface area (Å²) in [4.78, 5) is 20.5. The number of amides is 1. The van der Waals surface area contributed by atoms with E-state index >= 15 is 0 Å². The molecule has 2 aliphatic heterocycles. The molecule has 2 aliphatic rings. The Morgan fingerprint density at radius 1 is 1.15 bits per heavy atom. The molecule has 1 atom stereocenters. The van der Waals surface area contributed by atoms with Gasteiger partial charge in [0.25, 0.3) is 5.91 Å². The number of rotatable bonds is 2. The summed E-state index contributed by atoms with van der Waals surface area (Å²) in [6, 6.07) is 11.8. The van der Waals surface area contributed by atoms with Gasteiger partial charge in [-0.05, 0) is 30.3 Å². The third-order valence-corrected chi connectivity index (χ3v) is 4.69. The minimum atomic E-state index is -0.686. The van der Waals surface area contributed by atoms with Crippen LogP contribution in [0.5, 0.6) is 0 Å². The molecule has 2 aromatic rings. The van der Waals surface area contributed by atoms with Crippen LogP contribution in [-0.2, 0) is 14.3 Å². The first-order valence-corrected chi connectivity index (χ1v) is 8.59. The number of pyridine rings is 1. The lowest BCUT2D eigenvalue weighted by atomic mass is 10.0. The number of carbonyl (C=O) groups excluding carboxylic acids is 1. The molecule has 1 amide bonds. The highest BCUT2D eigenvalue weighted by Crippen LogP contribution is 2.28. The predicted molar refractivity (Wildman–Crippen MR) is 94.7 cm³/mol. The fourth-order valence-corrected chi connectivity index (χ4v) is 3.42. The summed E-state index contributed by atoms with van der Waals surface area (Å²) in [5.74, 6) is 0.285. The average Bonchev–Trinajstić information content (AvgIpc) is 2.87. The number of carbonyl (C=O) groups is 1. The topological polar surface area (TPSA) is 54.9 Å². The Morgan fingerprint density at radius 2 is 2.08 bits per heavy atom. The first-order chi connectivity index (χ1) is 12.7. The van der Waals surface area contributed by atoms with Crippen LogP contribution < -0.4 is 9.80 Å². The SMILES string of the molecule is O=C1CO[C@@]2(COCCN(c3ccccn3)C2)CN1c1cccc(F)c1. The van der Waals surface area contributed by atoms with Crippen molar-refractivity contribution < 1.29 is 18.7 Å². The van der Waals surface area contributed by atoms with Crippen LogP contribution in [0.2, 0.25) is 0 Å². The summed E-state index contributed by atoms with van der Waals surface area (Å²) in [7, 11) is 0. The van der Waals surface area contributed by atoms with Crippen molar-refractivity contribution in [3.05, 3.63) is 54.5 Å². The number of nitrogens with zero attached hydrogens (tertiary/aromatic N) is 3. The molecule has 0 saturated carbocycles. The van der Waals surface area contributed by atoms with Crippen LogP contribution in [0.4, 0.5) is 15.9 Å². The molecule has 1 aromatic carbocycles. The zero-order chi connectivity index (χ0) is 18.0. The minimum absolute atomic E-state index is 0.0596. The molecule has 1 aromatic heterocycles. The zero-order valence-electron chi connectivity index (χ0n) is 14.3. The molecule has 4 rings (SSSR count). The largest absolute Gasteiger partial charge is 0.376 e. The van der Waals surface area contributed by atoms with Crippen LogP contribution in [0.3, 0.4) is 0 Å². The van der Waals surface area contributed by atoms with Crippen molar-refractivity contribution in [2.24, 2.45) is 0 Å². The van der Waals surface area contributed by atoms with Crippen LogP contribution in [-0.4, -0.2) is 55.9 Å². The molecular formula is C19H20FN3O3. The number of morpholine rings is 1. The van der Waals surface area contributed by atoms with E-state index in [0.29, 0.717) is 38.5 Å². The molecule has 0 unspecified atom stereocenters. The first kappa shape index (κ1) is 16.9. The highest BCUT2D eigenvalue weighted by atomic mass is 19.1. The molecule has 1 spiro atoms. The monoisotopic (exact) mass is 357 g/mol. The van der Waals surface area contributed by atoms with Crippen LogP contribution in [0, 0.1) is 5.82 Å². The maximum Gasteiger partial charge on any atom is 0.253 e. The Bertz CT molecular complexity index is 789. The third kappa shape index (κ3) is 3.40. The van der Waals surface area contributed by atoms with Crippen molar-refractivity contribution in [3.63, 3.8) is 0 Å². The van der Waals surface area contributed by atoms with Gasteiger partial charge in [-0.2, -0.15) is 0 Å². The lowest BCUT2D eigenvalue weighted by molar-refractivity contribution is -0.143. The molecular weight excluding hydrogens is 337 g/mol. The highest BCUT2D eigenvalue weighted by molar-refractivity contribution is 5.95. The fraction of sp³-hybridized carbons (Fsp3) is 0.368. The molecule has 2 fully saturated rings. The van der Waals surface area contributed by atoms with E-state index in [2.05, 4.69) is 9.88 Å². The van der Waals surface area contributed by atoms with Crippen molar-refractivity contribution in [1.82, 2.24) is 4.98 Å². The second-order valence-electron chi connectivity index (χ2n) is 6.59. The first-order valence-electron chi connectivity index (χ1n) is 8.59. The number of benzene rings is 1. The number of aromatic nitrogens is 1. The van der Waals surface area contributed by atoms with E-state index in [1.54, 1.807) is 23.2 Å². The molecule has 3 heterocycles. The summed E-state index contributed by atoms with van der Waals surface area (Å²) in [6.45, 7) is 2.40. The van der Waals surface area contributed by atoms with Gasteiger partial charge in [0.05, 0.1) is 26.3 Å². The molecule has 6 nitrogen and oxygen atoms in total. The number of anilines is 2. The summed E-state index contributed by atoms with van der Waals surface area (Å²) in [6.07, 6.45) is 1.75. The molecule has 7 heteroatoms. The second-order valence-corrected chi connectivity index (χ2v) is 6.59. The van der Waals surface area contributed by atoms with Gasteiger partial charge in [-0.25, -0.2) is 9.37 Å². The Hall–Kier alpha value is -2.51. The molecule has 2 saturated heterocycles. The molecule has 0 N–H and O–H groups in total. The van der Waals surface area contributed by atoms with E-state index in [9.17, 15) is 9.18 Å². The van der Waals surface area contributed by atoms with Crippen LogP contribution in [0.1, 0.15) is 0 Å². The van der Waals surface area contributed by atoms with E-state index in [-0.39, 0.29) is 18.3 Å². The predicted octanol–water partition coefficient (Wildman–Crippen LogP) is 1.86. The Kier molecular flexibility index (Phi) is 4.57. The van der Waals surface area contributed by atoms with E-state index in [1.807, 2.05) is 18.2 Å². The van der Waals surface area contributed by atoms with E-state index in [0.717, 1.165) is 5.82 Å². The van der Waals surface area contributed by atoms with Crippen LogP contribution in [0.15, 0.2) is 48.7 Å². The normalized spacial score (nSPS) is 24.0. The van der Waals surface area contributed by atoms with Gasteiger partial charge < -0.3 is 19.3 Å². The second kappa shape index (κ2) is 7.01. The van der Waals surface area contributed by atoms with Gasteiger partial charge in [0.2, 0.25) is 0 Å². The Labute approximate surface area is 151 Å². The van der Waals surface area contributed by atoms with Gasteiger partial charge in [0.15, 0.2) is 0 Å². The van der Waals surface area contributed by atoms with Crippen molar-refractivity contribution in [2.75, 3.05) is 49.3 Å². The Balaban J connectivity index is 1.61. The van der Waals surface area contributed by atoms with E-state index < -0.39 is 5.60 Å². The van der Waals surface area contributed by atoms with Crippen LogP contribution in [0.25, 0.3) is 0 Å². The van der Waals surface area contributed by atoms with Crippen molar-refractivity contribution in [3.8, 4) is 0 Å². The number of hydrogen-bond acceptors (Lipinski definition) is 5. The maximum absolute atomic E-state index is 13.6. The summed E-state index contributed by atoms with van der Waals surface area (Å²) in [5, 5.41) is 0. The smallest absolute Gasteiger partial charge is 0.253 e. The third-order valence-electron chi connectivity index (χ3n) is 4.69. The van der Waals surface area contributed by atoms with Crippen molar-refractivity contribution in [2.45, 2.75) is 5.60 Å². The lowest BCUT2D eigenvalue weighted by Gasteiger charge is -2.43. The summed E-state index contributed by atoms with van der Waals surface area (Å²) < 4.78 is 25.4. The number of halogens is 1. The van der Waals surface area contributed by atoms with Gasteiger partial charge in [0.1, 0.15) is 23.8 Å². The molecule has 0 bridgehead atoms. The summed E-state index contributed by atoms with van der Waals surface area (Å²) >= 11 is 0. The highest BCUT2D eigenvalue weighted by Gasteiger charge is 2.43. The molecule has 136 valence electrons. The van der Waals surface area contributed by atoms with Gasteiger partial charge in [-0.3, -0.25) is 4.79 Å². The van der Waals surface area contributed by atoms with E-state index in [1.165, 1.54) is 12.1 Å². The number of hydrogen-bond donors (Lipinski definition) is 0. The van der Waals surface area contributed by atoms with Crippen LogP contribution >= 0.6 is 0 Å². The van der Waals surface area contributed by atoms with Gasteiger partial charge in [0, 0.05) is 18.4 Å². The Morgan fingerprint density at radius 3 is 2.88 bits per heavy atom. The van der Waals surface area contributed by atoms with Crippen molar-refractivity contribution in [1.29, 1.82) is 0 Å².